The van der Waals surface area contributed by atoms with Crippen LogP contribution in [0.3, 0.4) is 0 Å². The van der Waals surface area contributed by atoms with Crippen LogP contribution in [-0.4, -0.2) is 24.3 Å². The highest BCUT2D eigenvalue weighted by molar-refractivity contribution is 5.86. The SMILES string of the molecule is CCOCCCC#CC(=O)O. The summed E-state index contributed by atoms with van der Waals surface area (Å²) in [6.45, 7) is 3.28. The number of unbranched alkanes of at least 4 members (excludes halogenated alkanes) is 1. The van der Waals surface area contributed by atoms with Crippen LogP contribution in [0, 0.1) is 11.8 Å². The lowest BCUT2D eigenvalue weighted by Gasteiger charge is -1.94. The van der Waals surface area contributed by atoms with Gasteiger partial charge < -0.3 is 9.84 Å². The second-order valence-corrected chi connectivity index (χ2v) is 1.91. The predicted octanol–water partition coefficient (Wildman–Crippen LogP) is 0.891. The third-order valence-corrected chi connectivity index (χ3v) is 0.990. The number of hydrogen-bond acceptors (Lipinski definition) is 2. The van der Waals surface area contributed by atoms with Crippen LogP contribution in [0.2, 0.25) is 0 Å². The summed E-state index contributed by atoms with van der Waals surface area (Å²) in [5, 5.41) is 8.11. The summed E-state index contributed by atoms with van der Waals surface area (Å²) in [5.41, 5.74) is 0. The van der Waals surface area contributed by atoms with E-state index in [1.165, 1.54) is 0 Å². The number of carboxylic acid groups (broad SMARTS) is 1. The summed E-state index contributed by atoms with van der Waals surface area (Å²) < 4.78 is 5.03. The van der Waals surface area contributed by atoms with Crippen LogP contribution in [0.4, 0.5) is 0 Å². The highest BCUT2D eigenvalue weighted by Gasteiger charge is 1.84. The number of aliphatic carboxylic acids is 1. The minimum absolute atomic E-state index is 0.590. The van der Waals surface area contributed by atoms with E-state index >= 15 is 0 Å². The standard InChI is InChI=1S/C8H12O3/c1-2-11-7-5-3-4-6-8(9)10/h2-3,5,7H2,1H3,(H,9,10). The van der Waals surface area contributed by atoms with Gasteiger partial charge in [0.25, 0.3) is 0 Å². The maximum atomic E-state index is 9.88. The largest absolute Gasteiger partial charge is 0.472 e. The average molecular weight is 156 g/mol. The molecule has 0 unspecified atom stereocenters. The van der Waals surface area contributed by atoms with E-state index in [1.54, 1.807) is 0 Å². The molecular weight excluding hydrogens is 144 g/mol. The minimum atomic E-state index is -1.07. The summed E-state index contributed by atoms with van der Waals surface area (Å²) in [6, 6.07) is 0. The summed E-state index contributed by atoms with van der Waals surface area (Å²) in [6.07, 6.45) is 1.39. The molecule has 3 nitrogen and oxygen atoms in total. The molecule has 0 bridgehead atoms. The molecule has 0 atom stereocenters. The smallest absolute Gasteiger partial charge is 0.381 e. The third-order valence-electron chi connectivity index (χ3n) is 0.990. The highest BCUT2D eigenvalue weighted by atomic mass is 16.5. The number of ether oxygens (including phenoxy) is 1. The Kier molecular flexibility index (Phi) is 6.45. The molecule has 0 saturated carbocycles. The first kappa shape index (κ1) is 9.99. The molecule has 1 N–H and O–H groups in total. The fraction of sp³-hybridized carbons (Fsp3) is 0.625. The topological polar surface area (TPSA) is 46.5 Å². The predicted molar refractivity (Wildman–Crippen MR) is 41.1 cm³/mol. The van der Waals surface area contributed by atoms with Crippen molar-refractivity contribution in [1.29, 1.82) is 0 Å². The molecule has 0 aliphatic carbocycles. The van der Waals surface area contributed by atoms with Gasteiger partial charge in [-0.2, -0.15) is 0 Å². The van der Waals surface area contributed by atoms with E-state index in [1.807, 2.05) is 12.8 Å². The zero-order chi connectivity index (χ0) is 8.53. The fourth-order valence-electron chi connectivity index (χ4n) is 0.545. The second-order valence-electron chi connectivity index (χ2n) is 1.91. The molecule has 0 aromatic heterocycles. The molecule has 0 aliphatic heterocycles. The molecule has 0 rings (SSSR count). The maximum Gasteiger partial charge on any atom is 0.381 e. The van der Waals surface area contributed by atoms with Gasteiger partial charge >= 0.3 is 5.97 Å². The molecular formula is C8H12O3. The molecule has 0 aliphatic rings. The summed E-state index contributed by atoms with van der Waals surface area (Å²) in [4.78, 5) is 9.88. The number of carboxylic acids is 1. The molecule has 0 spiro atoms. The van der Waals surface area contributed by atoms with Crippen LogP contribution in [-0.2, 0) is 9.53 Å². The van der Waals surface area contributed by atoms with Gasteiger partial charge in [-0.05, 0) is 13.3 Å². The van der Waals surface area contributed by atoms with Gasteiger partial charge in [0.2, 0.25) is 0 Å². The lowest BCUT2D eigenvalue weighted by molar-refractivity contribution is -0.130. The van der Waals surface area contributed by atoms with E-state index in [-0.39, 0.29) is 0 Å². The van der Waals surface area contributed by atoms with Crippen LogP contribution in [0.5, 0.6) is 0 Å². The lowest BCUT2D eigenvalue weighted by Crippen LogP contribution is -1.92. The Balaban J connectivity index is 3.15. The molecule has 3 heteroatoms. The van der Waals surface area contributed by atoms with Gasteiger partial charge in [-0.1, -0.05) is 5.92 Å². The molecule has 62 valence electrons. The Morgan fingerprint density at radius 2 is 2.36 bits per heavy atom. The molecule has 0 radical (unpaired) electrons. The Morgan fingerprint density at radius 1 is 1.64 bits per heavy atom. The van der Waals surface area contributed by atoms with Crippen molar-refractivity contribution in [3.8, 4) is 11.8 Å². The molecule has 0 amide bonds. The number of rotatable bonds is 4. The zero-order valence-electron chi connectivity index (χ0n) is 6.59. The van der Waals surface area contributed by atoms with Gasteiger partial charge in [-0.15, -0.1) is 0 Å². The van der Waals surface area contributed by atoms with Crippen molar-refractivity contribution in [2.24, 2.45) is 0 Å². The lowest BCUT2D eigenvalue weighted by atomic mass is 10.3. The molecule has 11 heavy (non-hydrogen) atoms. The van der Waals surface area contributed by atoms with Crippen molar-refractivity contribution in [2.75, 3.05) is 13.2 Å². The van der Waals surface area contributed by atoms with Gasteiger partial charge in [0.15, 0.2) is 0 Å². The van der Waals surface area contributed by atoms with Crippen molar-refractivity contribution >= 4 is 5.97 Å². The fourth-order valence-corrected chi connectivity index (χ4v) is 0.545. The van der Waals surface area contributed by atoms with Crippen LogP contribution in [0.1, 0.15) is 19.8 Å². The Bertz CT molecular complexity index is 164. The molecule has 0 saturated heterocycles. The molecule has 0 aromatic carbocycles. The first-order valence-corrected chi connectivity index (χ1v) is 3.57. The zero-order valence-corrected chi connectivity index (χ0v) is 6.59. The van der Waals surface area contributed by atoms with Gasteiger partial charge in [0.05, 0.1) is 0 Å². The van der Waals surface area contributed by atoms with Crippen LogP contribution in [0.25, 0.3) is 0 Å². The van der Waals surface area contributed by atoms with Crippen LogP contribution in [0.15, 0.2) is 0 Å². The summed E-state index contributed by atoms with van der Waals surface area (Å²) in [7, 11) is 0. The van der Waals surface area contributed by atoms with E-state index in [2.05, 4.69) is 5.92 Å². The monoisotopic (exact) mass is 156 g/mol. The quantitative estimate of drug-likeness (QED) is 0.485. The van der Waals surface area contributed by atoms with E-state index in [4.69, 9.17) is 9.84 Å². The van der Waals surface area contributed by atoms with Crippen molar-refractivity contribution in [3.05, 3.63) is 0 Å². The first-order chi connectivity index (χ1) is 5.27. The number of carbonyl (C=O) groups is 1. The van der Waals surface area contributed by atoms with Gasteiger partial charge in [0.1, 0.15) is 0 Å². The minimum Gasteiger partial charge on any atom is -0.472 e. The second kappa shape index (κ2) is 7.10. The van der Waals surface area contributed by atoms with Crippen molar-refractivity contribution < 1.29 is 14.6 Å². The third kappa shape index (κ3) is 8.99. The Morgan fingerprint density at radius 3 is 2.91 bits per heavy atom. The van der Waals surface area contributed by atoms with E-state index in [0.717, 1.165) is 6.42 Å². The van der Waals surface area contributed by atoms with E-state index in [9.17, 15) is 4.79 Å². The van der Waals surface area contributed by atoms with Gasteiger partial charge in [0, 0.05) is 25.6 Å². The van der Waals surface area contributed by atoms with Crippen molar-refractivity contribution in [2.45, 2.75) is 19.8 Å². The van der Waals surface area contributed by atoms with Crippen LogP contribution >= 0.6 is 0 Å². The summed E-state index contributed by atoms with van der Waals surface area (Å²) in [5.74, 6) is 3.48. The van der Waals surface area contributed by atoms with Crippen LogP contribution < -0.4 is 0 Å². The Labute approximate surface area is 66.4 Å². The number of hydrogen-bond donors (Lipinski definition) is 1. The maximum absolute atomic E-state index is 9.88. The van der Waals surface area contributed by atoms with Crippen molar-refractivity contribution in [3.63, 3.8) is 0 Å². The highest BCUT2D eigenvalue weighted by Crippen LogP contribution is 1.87. The van der Waals surface area contributed by atoms with Gasteiger partial charge in [-0.25, -0.2) is 4.79 Å². The normalized spacial score (nSPS) is 8.45. The molecule has 0 aromatic rings. The van der Waals surface area contributed by atoms with Crippen molar-refractivity contribution in [1.82, 2.24) is 0 Å². The van der Waals surface area contributed by atoms with E-state index < -0.39 is 5.97 Å². The van der Waals surface area contributed by atoms with Gasteiger partial charge in [-0.3, -0.25) is 0 Å². The molecule has 0 fully saturated rings. The molecule has 0 heterocycles. The Hall–Kier alpha value is -1.01. The summed E-state index contributed by atoms with van der Waals surface area (Å²) >= 11 is 0. The first-order valence-electron chi connectivity index (χ1n) is 3.57. The average Bonchev–Trinajstić information content (AvgIpc) is 1.96. The van der Waals surface area contributed by atoms with E-state index in [0.29, 0.717) is 19.6 Å².